The van der Waals surface area contributed by atoms with Crippen LogP contribution >= 0.6 is 11.8 Å². The van der Waals surface area contributed by atoms with Gasteiger partial charge in [-0.2, -0.15) is 0 Å². The van der Waals surface area contributed by atoms with Crippen molar-refractivity contribution < 1.29 is 9.13 Å². The van der Waals surface area contributed by atoms with Crippen LogP contribution in [0.3, 0.4) is 0 Å². The lowest BCUT2D eigenvalue weighted by molar-refractivity contribution is 0.271. The molecule has 0 amide bonds. The molecule has 5 rings (SSSR count). The summed E-state index contributed by atoms with van der Waals surface area (Å²) in [4.78, 5) is 6.18. The van der Waals surface area contributed by atoms with E-state index in [2.05, 4.69) is 18.2 Å². The third-order valence-electron chi connectivity index (χ3n) is 4.86. The Kier molecular flexibility index (Phi) is 3.79. The SMILES string of the molecule is Fc1ccc(C2Sc3ccccc3N=C3c4ccccc4OCC32)cc1. The Hall–Kier alpha value is -2.59. The number of hydrogen-bond acceptors (Lipinski definition) is 3. The molecule has 2 aliphatic rings. The van der Waals surface area contributed by atoms with Crippen LogP contribution in [0.2, 0.25) is 0 Å². The highest BCUT2D eigenvalue weighted by molar-refractivity contribution is 7.99. The fourth-order valence-electron chi connectivity index (χ4n) is 3.59. The van der Waals surface area contributed by atoms with Gasteiger partial charge in [0.05, 0.1) is 23.9 Å². The van der Waals surface area contributed by atoms with Gasteiger partial charge in [-0.3, -0.25) is 4.99 Å². The summed E-state index contributed by atoms with van der Waals surface area (Å²) in [7, 11) is 0. The first-order valence-corrected chi connectivity index (χ1v) is 9.49. The molecule has 2 heterocycles. The van der Waals surface area contributed by atoms with Crippen LogP contribution in [-0.2, 0) is 0 Å². The molecule has 26 heavy (non-hydrogen) atoms. The second-order valence-electron chi connectivity index (χ2n) is 6.47. The maximum absolute atomic E-state index is 13.4. The number of halogens is 1. The molecular weight excluding hydrogens is 345 g/mol. The van der Waals surface area contributed by atoms with Gasteiger partial charge in [0, 0.05) is 15.7 Å². The topological polar surface area (TPSA) is 21.6 Å². The molecule has 0 radical (unpaired) electrons. The van der Waals surface area contributed by atoms with Gasteiger partial charge in [-0.05, 0) is 42.0 Å². The van der Waals surface area contributed by atoms with E-state index in [0.29, 0.717) is 6.61 Å². The molecule has 4 heteroatoms. The van der Waals surface area contributed by atoms with E-state index < -0.39 is 0 Å². The zero-order valence-electron chi connectivity index (χ0n) is 13.9. The lowest BCUT2D eigenvalue weighted by atomic mass is 9.88. The number of thioether (sulfide) groups is 1. The Morgan fingerprint density at radius 3 is 2.58 bits per heavy atom. The van der Waals surface area contributed by atoms with Gasteiger partial charge in [-0.15, -0.1) is 11.8 Å². The third kappa shape index (κ3) is 2.61. The monoisotopic (exact) mass is 361 g/mol. The van der Waals surface area contributed by atoms with Gasteiger partial charge in [0.2, 0.25) is 0 Å². The van der Waals surface area contributed by atoms with Crippen LogP contribution in [-0.4, -0.2) is 12.3 Å². The minimum atomic E-state index is -0.216. The van der Waals surface area contributed by atoms with Crippen LogP contribution in [0.5, 0.6) is 5.75 Å². The molecular formula is C22H16FNOS. The van der Waals surface area contributed by atoms with E-state index in [9.17, 15) is 4.39 Å². The highest BCUT2D eigenvalue weighted by Gasteiger charge is 2.37. The highest BCUT2D eigenvalue weighted by atomic mass is 32.2. The zero-order chi connectivity index (χ0) is 17.5. The first-order valence-electron chi connectivity index (χ1n) is 8.61. The van der Waals surface area contributed by atoms with Gasteiger partial charge in [0.1, 0.15) is 11.6 Å². The number of aliphatic imine (C=N–C) groups is 1. The summed E-state index contributed by atoms with van der Waals surface area (Å²) in [5.74, 6) is 0.768. The van der Waals surface area contributed by atoms with E-state index in [-0.39, 0.29) is 17.0 Å². The average Bonchev–Trinajstić information content (AvgIpc) is 2.85. The van der Waals surface area contributed by atoms with Gasteiger partial charge in [0.25, 0.3) is 0 Å². The van der Waals surface area contributed by atoms with Crippen molar-refractivity contribution in [3.05, 3.63) is 89.7 Å². The van der Waals surface area contributed by atoms with E-state index in [0.717, 1.165) is 33.2 Å². The Balaban J connectivity index is 1.70. The summed E-state index contributed by atoms with van der Waals surface area (Å²) in [6.45, 7) is 0.568. The molecule has 2 nitrogen and oxygen atoms in total. The smallest absolute Gasteiger partial charge is 0.128 e. The van der Waals surface area contributed by atoms with Crippen molar-refractivity contribution in [1.29, 1.82) is 0 Å². The van der Waals surface area contributed by atoms with Gasteiger partial charge >= 0.3 is 0 Å². The number of benzene rings is 3. The number of fused-ring (bicyclic) bond motifs is 4. The number of nitrogens with zero attached hydrogens (tertiary/aromatic N) is 1. The maximum Gasteiger partial charge on any atom is 0.128 e. The number of hydrogen-bond donors (Lipinski definition) is 0. The Morgan fingerprint density at radius 1 is 0.923 bits per heavy atom. The summed E-state index contributed by atoms with van der Waals surface area (Å²) < 4.78 is 19.5. The van der Waals surface area contributed by atoms with Crippen molar-refractivity contribution >= 4 is 23.2 Å². The first-order chi connectivity index (χ1) is 12.8. The van der Waals surface area contributed by atoms with Gasteiger partial charge < -0.3 is 4.74 Å². The second kappa shape index (κ2) is 6.29. The van der Waals surface area contributed by atoms with Crippen molar-refractivity contribution in [3.63, 3.8) is 0 Å². The van der Waals surface area contributed by atoms with E-state index in [1.807, 2.05) is 42.5 Å². The fourth-order valence-corrected chi connectivity index (χ4v) is 4.92. The number of para-hydroxylation sites is 2. The summed E-state index contributed by atoms with van der Waals surface area (Å²) >= 11 is 1.78. The van der Waals surface area contributed by atoms with E-state index in [4.69, 9.17) is 9.73 Å². The lowest BCUT2D eigenvalue weighted by Crippen LogP contribution is -2.31. The molecule has 3 aromatic carbocycles. The zero-order valence-corrected chi connectivity index (χ0v) is 14.7. The summed E-state index contributed by atoms with van der Waals surface area (Å²) in [5.41, 5.74) is 4.18. The molecule has 0 spiro atoms. The molecule has 2 aliphatic heterocycles. The molecule has 0 saturated carbocycles. The van der Waals surface area contributed by atoms with Crippen molar-refractivity contribution in [2.45, 2.75) is 10.1 Å². The Bertz CT molecular complexity index is 999. The molecule has 2 atom stereocenters. The molecule has 0 N–H and O–H groups in total. The van der Waals surface area contributed by atoms with Crippen LogP contribution in [0.4, 0.5) is 10.1 Å². The summed E-state index contributed by atoms with van der Waals surface area (Å²) in [6.07, 6.45) is 0. The minimum Gasteiger partial charge on any atom is -0.492 e. The normalized spacial score (nSPS) is 20.7. The predicted molar refractivity (Wildman–Crippen MR) is 103 cm³/mol. The van der Waals surface area contributed by atoms with E-state index >= 15 is 0 Å². The maximum atomic E-state index is 13.4. The molecule has 0 fully saturated rings. The highest BCUT2D eigenvalue weighted by Crippen LogP contribution is 2.50. The molecule has 2 unspecified atom stereocenters. The Morgan fingerprint density at radius 2 is 1.69 bits per heavy atom. The largest absolute Gasteiger partial charge is 0.492 e. The van der Waals surface area contributed by atoms with Gasteiger partial charge in [-0.1, -0.05) is 36.4 Å². The van der Waals surface area contributed by atoms with Crippen LogP contribution < -0.4 is 4.74 Å². The van der Waals surface area contributed by atoms with Gasteiger partial charge in [-0.25, -0.2) is 4.39 Å². The lowest BCUT2D eigenvalue weighted by Gasteiger charge is -2.31. The number of rotatable bonds is 1. The number of ether oxygens (including phenoxy) is 1. The van der Waals surface area contributed by atoms with Crippen LogP contribution in [0.25, 0.3) is 0 Å². The minimum absolute atomic E-state index is 0.104. The van der Waals surface area contributed by atoms with Crippen molar-refractivity contribution in [2.75, 3.05) is 6.61 Å². The van der Waals surface area contributed by atoms with Crippen LogP contribution in [0.1, 0.15) is 16.4 Å². The van der Waals surface area contributed by atoms with Crippen molar-refractivity contribution in [2.24, 2.45) is 10.9 Å². The second-order valence-corrected chi connectivity index (χ2v) is 7.65. The van der Waals surface area contributed by atoms with E-state index in [1.165, 1.54) is 12.1 Å². The fraction of sp³-hybridized carbons (Fsp3) is 0.136. The summed E-state index contributed by atoms with van der Waals surface area (Å²) in [6, 6.07) is 23.1. The quantitative estimate of drug-likeness (QED) is 0.546. The molecule has 0 bridgehead atoms. The summed E-state index contributed by atoms with van der Waals surface area (Å²) in [5, 5.41) is 0.117. The third-order valence-corrected chi connectivity index (χ3v) is 6.31. The molecule has 0 saturated heterocycles. The predicted octanol–water partition coefficient (Wildman–Crippen LogP) is 5.80. The molecule has 0 aliphatic carbocycles. The van der Waals surface area contributed by atoms with E-state index in [1.54, 1.807) is 11.8 Å². The first kappa shape index (κ1) is 15.6. The van der Waals surface area contributed by atoms with Crippen molar-refractivity contribution in [1.82, 2.24) is 0 Å². The molecule has 0 aromatic heterocycles. The van der Waals surface area contributed by atoms with Crippen LogP contribution in [0.15, 0.2) is 82.7 Å². The average molecular weight is 361 g/mol. The standard InChI is InChI=1S/C22H16FNOS/c23-15-11-9-14(10-12-15)22-17-13-25-19-7-3-1-5-16(19)21(17)24-18-6-2-4-8-20(18)26-22/h1-12,17,22H,13H2. The molecule has 128 valence electrons. The Labute approximate surface area is 155 Å². The van der Waals surface area contributed by atoms with Gasteiger partial charge in [0.15, 0.2) is 0 Å². The molecule has 3 aromatic rings. The van der Waals surface area contributed by atoms with Crippen LogP contribution in [0, 0.1) is 11.7 Å². The van der Waals surface area contributed by atoms with Crippen molar-refractivity contribution in [3.8, 4) is 5.75 Å².